The van der Waals surface area contributed by atoms with Gasteiger partial charge in [-0.1, -0.05) is 0 Å². The molecule has 2 heterocycles. The Hall–Kier alpha value is -1.05. The Morgan fingerprint density at radius 1 is 1.65 bits per heavy atom. The molecule has 0 aromatic heterocycles. The molecule has 94 valence electrons. The van der Waals surface area contributed by atoms with E-state index in [1.54, 1.807) is 6.92 Å². The summed E-state index contributed by atoms with van der Waals surface area (Å²) in [5, 5.41) is 17.9. The Bertz CT molecular complexity index is 407. The second kappa shape index (κ2) is 4.32. The normalized spacial score (nSPS) is 29.1. The topological polar surface area (TPSA) is 104 Å². The lowest BCUT2D eigenvalue weighted by Crippen LogP contribution is -2.58. The molecule has 0 spiro atoms. The summed E-state index contributed by atoms with van der Waals surface area (Å²) in [7, 11) is 0. The third-order valence-corrected chi connectivity index (χ3v) is 4.25. The van der Waals surface area contributed by atoms with Crippen LogP contribution in [-0.4, -0.2) is 45.0 Å². The summed E-state index contributed by atoms with van der Waals surface area (Å²) in [6.07, 6.45) is 0.435. The van der Waals surface area contributed by atoms with E-state index < -0.39 is 11.9 Å². The number of aliphatic carboxylic acids is 1. The first-order valence-corrected chi connectivity index (χ1v) is 6.18. The van der Waals surface area contributed by atoms with Gasteiger partial charge in [-0.25, -0.2) is 4.79 Å². The number of rotatable bonds is 4. The summed E-state index contributed by atoms with van der Waals surface area (Å²) >= 11 is 1.33. The number of aliphatic hydroxyl groups is 1. The number of fused-ring (bicyclic) bond motifs is 1. The second-order valence-corrected chi connectivity index (χ2v) is 5.48. The van der Waals surface area contributed by atoms with Gasteiger partial charge in [0, 0.05) is 10.9 Å². The van der Waals surface area contributed by atoms with Crippen molar-refractivity contribution in [3.05, 3.63) is 10.6 Å². The summed E-state index contributed by atoms with van der Waals surface area (Å²) < 4.78 is 0. The number of hydrogen-bond donors (Lipinski definition) is 3. The van der Waals surface area contributed by atoms with E-state index in [2.05, 4.69) is 0 Å². The van der Waals surface area contributed by atoms with Crippen molar-refractivity contribution in [3.8, 4) is 0 Å². The molecule has 0 radical (unpaired) electrons. The van der Waals surface area contributed by atoms with Crippen LogP contribution >= 0.6 is 11.8 Å². The van der Waals surface area contributed by atoms with Crippen LogP contribution in [0, 0.1) is 5.92 Å². The molecule has 1 fully saturated rings. The molecule has 2 aliphatic rings. The molecular formula is C10H14N2O4S. The third kappa shape index (κ3) is 1.84. The van der Waals surface area contributed by atoms with Gasteiger partial charge in [0.25, 0.3) is 0 Å². The van der Waals surface area contributed by atoms with Gasteiger partial charge >= 0.3 is 5.97 Å². The summed E-state index contributed by atoms with van der Waals surface area (Å²) in [6.45, 7) is 1.54. The minimum absolute atomic E-state index is 0.0343. The van der Waals surface area contributed by atoms with E-state index in [9.17, 15) is 9.59 Å². The SMILES string of the molecule is C[C@@H](N)CC1=C(C(=O)O)N2C(=O)[C@H](CO)[C@H]2S1. The summed E-state index contributed by atoms with van der Waals surface area (Å²) in [5.41, 5.74) is 5.69. The zero-order valence-electron chi connectivity index (χ0n) is 9.29. The number of nitrogens with two attached hydrogens (primary N) is 1. The van der Waals surface area contributed by atoms with E-state index in [1.807, 2.05) is 0 Å². The summed E-state index contributed by atoms with van der Waals surface area (Å²) in [4.78, 5) is 24.7. The molecule has 0 bridgehead atoms. The van der Waals surface area contributed by atoms with E-state index in [0.717, 1.165) is 0 Å². The lowest BCUT2D eigenvalue weighted by molar-refractivity contribution is -0.153. The first kappa shape index (κ1) is 12.4. The number of thioether (sulfide) groups is 1. The molecule has 7 heteroatoms. The van der Waals surface area contributed by atoms with Crippen molar-refractivity contribution < 1.29 is 19.8 Å². The van der Waals surface area contributed by atoms with Crippen molar-refractivity contribution in [1.82, 2.24) is 4.90 Å². The van der Waals surface area contributed by atoms with E-state index in [0.29, 0.717) is 11.3 Å². The van der Waals surface area contributed by atoms with Gasteiger partial charge in [-0.05, 0) is 13.3 Å². The Balaban J connectivity index is 2.26. The highest BCUT2D eigenvalue weighted by Gasteiger charge is 2.55. The molecule has 0 unspecified atom stereocenters. The molecule has 2 rings (SSSR count). The average Bonchev–Trinajstić information content (AvgIpc) is 2.53. The molecule has 17 heavy (non-hydrogen) atoms. The van der Waals surface area contributed by atoms with Crippen LogP contribution in [0.2, 0.25) is 0 Å². The minimum atomic E-state index is -1.11. The Morgan fingerprint density at radius 2 is 2.29 bits per heavy atom. The fraction of sp³-hybridized carbons (Fsp3) is 0.600. The predicted octanol–water partition coefficient (Wildman–Crippen LogP) is -0.456. The maximum atomic E-state index is 11.6. The average molecular weight is 258 g/mol. The van der Waals surface area contributed by atoms with Crippen molar-refractivity contribution in [2.24, 2.45) is 11.7 Å². The van der Waals surface area contributed by atoms with Crippen LogP contribution in [0.4, 0.5) is 0 Å². The first-order valence-electron chi connectivity index (χ1n) is 5.30. The lowest BCUT2D eigenvalue weighted by atomic mass is 9.98. The molecule has 4 N–H and O–H groups in total. The molecule has 6 nitrogen and oxygen atoms in total. The zero-order chi connectivity index (χ0) is 12.7. The van der Waals surface area contributed by atoms with Crippen LogP contribution in [0.5, 0.6) is 0 Å². The van der Waals surface area contributed by atoms with Crippen molar-refractivity contribution in [2.75, 3.05) is 6.61 Å². The van der Waals surface area contributed by atoms with Gasteiger partial charge in [-0.2, -0.15) is 0 Å². The number of β-lactam (4-membered cyclic amide) rings is 1. The van der Waals surface area contributed by atoms with E-state index in [-0.39, 0.29) is 29.6 Å². The highest BCUT2D eigenvalue weighted by atomic mass is 32.2. The lowest BCUT2D eigenvalue weighted by Gasteiger charge is -2.41. The quantitative estimate of drug-likeness (QED) is 0.590. The van der Waals surface area contributed by atoms with Crippen LogP contribution in [0.15, 0.2) is 10.6 Å². The predicted molar refractivity (Wildman–Crippen MR) is 61.7 cm³/mol. The fourth-order valence-electron chi connectivity index (χ4n) is 2.06. The van der Waals surface area contributed by atoms with Gasteiger partial charge in [-0.3, -0.25) is 9.69 Å². The molecule has 0 aliphatic carbocycles. The smallest absolute Gasteiger partial charge is 0.353 e. The van der Waals surface area contributed by atoms with Gasteiger partial charge in [-0.15, -0.1) is 11.8 Å². The maximum Gasteiger partial charge on any atom is 0.353 e. The van der Waals surface area contributed by atoms with E-state index in [4.69, 9.17) is 15.9 Å². The standard InChI is InChI=1S/C10H14N2O4S/c1-4(11)2-6-7(10(15)16)12-8(14)5(3-13)9(12)17-6/h4-5,9,13H,2-3,11H2,1H3,(H,15,16)/t4-,5+,9-/m1/s1. The molecule has 0 aromatic carbocycles. The largest absolute Gasteiger partial charge is 0.477 e. The Kier molecular flexibility index (Phi) is 3.15. The third-order valence-electron chi connectivity index (χ3n) is 2.83. The van der Waals surface area contributed by atoms with Crippen molar-refractivity contribution in [1.29, 1.82) is 0 Å². The molecule has 1 amide bonds. The highest BCUT2D eigenvalue weighted by Crippen LogP contribution is 2.50. The van der Waals surface area contributed by atoms with E-state index in [1.165, 1.54) is 16.7 Å². The molecule has 2 aliphatic heterocycles. The van der Waals surface area contributed by atoms with Gasteiger partial charge in [0.1, 0.15) is 11.1 Å². The molecule has 1 saturated heterocycles. The van der Waals surface area contributed by atoms with Crippen molar-refractivity contribution in [3.63, 3.8) is 0 Å². The van der Waals surface area contributed by atoms with Gasteiger partial charge in [0.05, 0.1) is 12.5 Å². The maximum absolute atomic E-state index is 11.6. The molecule has 0 aromatic rings. The number of hydrogen-bond acceptors (Lipinski definition) is 5. The van der Waals surface area contributed by atoms with Crippen LogP contribution in [-0.2, 0) is 9.59 Å². The van der Waals surface area contributed by atoms with E-state index >= 15 is 0 Å². The fourth-order valence-corrected chi connectivity index (χ4v) is 3.69. The number of nitrogens with zero attached hydrogens (tertiary/aromatic N) is 1. The number of carbonyl (C=O) groups is 2. The van der Waals surface area contributed by atoms with Crippen LogP contribution in [0.25, 0.3) is 0 Å². The number of carbonyl (C=O) groups excluding carboxylic acids is 1. The zero-order valence-corrected chi connectivity index (χ0v) is 10.1. The molecular weight excluding hydrogens is 244 g/mol. The minimum Gasteiger partial charge on any atom is -0.477 e. The monoisotopic (exact) mass is 258 g/mol. The number of amides is 1. The van der Waals surface area contributed by atoms with Crippen LogP contribution in [0.3, 0.4) is 0 Å². The molecule has 0 saturated carbocycles. The highest BCUT2D eigenvalue weighted by molar-refractivity contribution is 8.04. The van der Waals surface area contributed by atoms with Crippen molar-refractivity contribution in [2.45, 2.75) is 24.8 Å². The first-order chi connectivity index (χ1) is 7.97. The number of aliphatic hydroxyl groups excluding tert-OH is 1. The van der Waals surface area contributed by atoms with Gasteiger partial charge < -0.3 is 15.9 Å². The van der Waals surface area contributed by atoms with Crippen LogP contribution in [0.1, 0.15) is 13.3 Å². The summed E-state index contributed by atoms with van der Waals surface area (Å²) in [6, 6.07) is -0.159. The Labute approximate surface area is 102 Å². The summed E-state index contributed by atoms with van der Waals surface area (Å²) in [5.74, 6) is -1.91. The van der Waals surface area contributed by atoms with Crippen LogP contribution < -0.4 is 5.73 Å². The molecule has 3 atom stereocenters. The van der Waals surface area contributed by atoms with Gasteiger partial charge in [0.15, 0.2) is 0 Å². The number of carboxylic acids is 1. The Morgan fingerprint density at radius 3 is 2.76 bits per heavy atom. The second-order valence-electron chi connectivity index (χ2n) is 4.26. The number of carboxylic acid groups (broad SMARTS) is 1. The van der Waals surface area contributed by atoms with Crippen molar-refractivity contribution >= 4 is 23.6 Å². The van der Waals surface area contributed by atoms with Gasteiger partial charge in [0.2, 0.25) is 5.91 Å².